The second-order valence-corrected chi connectivity index (χ2v) is 5.54. The minimum absolute atomic E-state index is 0.496. The van der Waals surface area contributed by atoms with Crippen LogP contribution in [-0.4, -0.2) is 15.6 Å². The van der Waals surface area contributed by atoms with Crippen molar-refractivity contribution in [3.05, 3.63) is 41.3 Å². The Kier molecular flexibility index (Phi) is 3.52. The van der Waals surface area contributed by atoms with Gasteiger partial charge >= 0.3 is 0 Å². The van der Waals surface area contributed by atoms with Gasteiger partial charge in [-0.1, -0.05) is 0 Å². The van der Waals surface area contributed by atoms with E-state index in [2.05, 4.69) is 30.8 Å². The Morgan fingerprint density at radius 3 is 3.17 bits per heavy atom. The number of hydrogen-bond acceptors (Lipinski definition) is 3. The van der Waals surface area contributed by atoms with Gasteiger partial charge in [0.2, 0.25) is 0 Å². The van der Waals surface area contributed by atoms with Gasteiger partial charge in [-0.05, 0) is 41.3 Å². The zero-order valence-electron chi connectivity index (χ0n) is 10.1. The number of furan rings is 1. The van der Waals surface area contributed by atoms with Gasteiger partial charge in [0.1, 0.15) is 5.76 Å². The summed E-state index contributed by atoms with van der Waals surface area (Å²) < 4.78 is 8.67. The third-order valence-electron chi connectivity index (χ3n) is 3.60. The molecule has 1 saturated carbocycles. The summed E-state index contributed by atoms with van der Waals surface area (Å²) in [6, 6.07) is 2.94. The predicted octanol–water partition coefficient (Wildman–Crippen LogP) is 3.12. The van der Waals surface area contributed by atoms with Gasteiger partial charge in [0.05, 0.1) is 23.6 Å². The van der Waals surface area contributed by atoms with Crippen molar-refractivity contribution >= 4 is 15.9 Å². The molecule has 3 rings (SSSR count). The lowest BCUT2D eigenvalue weighted by Crippen LogP contribution is -2.33. The third kappa shape index (κ3) is 2.37. The molecule has 2 aromatic heterocycles. The number of rotatable bonds is 4. The molecule has 0 aromatic carbocycles. The van der Waals surface area contributed by atoms with E-state index >= 15 is 0 Å². The van der Waals surface area contributed by atoms with Crippen LogP contribution in [0.4, 0.5) is 0 Å². The highest BCUT2D eigenvalue weighted by Gasteiger charge is 2.28. The standard InChI is InChI=1S/C13H16BrN3O/c14-10-4-7-18-13(10)8-16-11-2-1-3-12(11)17-6-5-15-9-17/h4-7,9,11-12,16H,1-3,8H2. The molecule has 0 radical (unpaired) electrons. The molecule has 2 unspecified atom stereocenters. The Morgan fingerprint density at radius 1 is 1.50 bits per heavy atom. The third-order valence-corrected chi connectivity index (χ3v) is 4.31. The maximum absolute atomic E-state index is 5.42. The van der Waals surface area contributed by atoms with E-state index in [4.69, 9.17) is 4.42 Å². The molecule has 18 heavy (non-hydrogen) atoms. The van der Waals surface area contributed by atoms with Crippen LogP contribution in [0.1, 0.15) is 31.1 Å². The Labute approximate surface area is 115 Å². The maximum atomic E-state index is 5.42. The van der Waals surface area contributed by atoms with Crippen LogP contribution in [0.2, 0.25) is 0 Å². The second-order valence-electron chi connectivity index (χ2n) is 4.69. The number of nitrogens with one attached hydrogen (secondary N) is 1. The molecule has 1 aliphatic carbocycles. The Balaban J connectivity index is 1.64. The quantitative estimate of drug-likeness (QED) is 0.943. The average molecular weight is 310 g/mol. The minimum atomic E-state index is 0.496. The minimum Gasteiger partial charge on any atom is -0.467 e. The summed E-state index contributed by atoms with van der Waals surface area (Å²) in [7, 11) is 0. The van der Waals surface area contributed by atoms with E-state index in [1.807, 2.05) is 24.8 Å². The molecule has 0 spiro atoms. The van der Waals surface area contributed by atoms with Crippen LogP contribution in [-0.2, 0) is 6.54 Å². The van der Waals surface area contributed by atoms with Gasteiger partial charge in [-0.15, -0.1) is 0 Å². The van der Waals surface area contributed by atoms with E-state index in [0.717, 1.165) is 16.8 Å². The van der Waals surface area contributed by atoms with Gasteiger partial charge < -0.3 is 14.3 Å². The highest BCUT2D eigenvalue weighted by atomic mass is 79.9. The van der Waals surface area contributed by atoms with Gasteiger partial charge in [-0.2, -0.15) is 0 Å². The normalized spacial score (nSPS) is 23.6. The molecule has 1 aliphatic rings. The maximum Gasteiger partial charge on any atom is 0.131 e. The van der Waals surface area contributed by atoms with Crippen molar-refractivity contribution < 1.29 is 4.42 Å². The van der Waals surface area contributed by atoms with Crippen molar-refractivity contribution in [2.45, 2.75) is 37.9 Å². The highest BCUT2D eigenvalue weighted by molar-refractivity contribution is 9.10. The molecular formula is C13H16BrN3O. The van der Waals surface area contributed by atoms with Crippen LogP contribution in [0.15, 0.2) is 39.9 Å². The first-order chi connectivity index (χ1) is 8.84. The first kappa shape index (κ1) is 12.0. The smallest absolute Gasteiger partial charge is 0.131 e. The Morgan fingerprint density at radius 2 is 2.44 bits per heavy atom. The molecule has 96 valence electrons. The lowest BCUT2D eigenvalue weighted by molar-refractivity contribution is 0.371. The molecule has 4 nitrogen and oxygen atoms in total. The summed E-state index contributed by atoms with van der Waals surface area (Å²) in [6.45, 7) is 0.767. The molecule has 0 bridgehead atoms. The lowest BCUT2D eigenvalue weighted by atomic mass is 10.1. The van der Waals surface area contributed by atoms with Crippen LogP contribution in [0.3, 0.4) is 0 Å². The second kappa shape index (κ2) is 5.28. The number of nitrogens with zero attached hydrogens (tertiary/aromatic N) is 2. The van der Waals surface area contributed by atoms with Crippen LogP contribution < -0.4 is 5.32 Å². The molecule has 2 heterocycles. The zero-order chi connectivity index (χ0) is 12.4. The number of imidazole rings is 1. The van der Waals surface area contributed by atoms with E-state index in [-0.39, 0.29) is 0 Å². The number of hydrogen-bond donors (Lipinski definition) is 1. The Hall–Kier alpha value is -1.07. The zero-order valence-corrected chi connectivity index (χ0v) is 11.6. The summed E-state index contributed by atoms with van der Waals surface area (Å²) in [6.07, 6.45) is 11.2. The number of aromatic nitrogens is 2. The van der Waals surface area contributed by atoms with Gasteiger partial charge in [-0.25, -0.2) is 4.98 Å². The molecule has 0 amide bonds. The molecule has 2 aromatic rings. The molecule has 5 heteroatoms. The van der Waals surface area contributed by atoms with Crippen molar-refractivity contribution in [3.8, 4) is 0 Å². The fourth-order valence-corrected chi connectivity index (χ4v) is 3.02. The van der Waals surface area contributed by atoms with Gasteiger partial charge in [0, 0.05) is 24.5 Å². The van der Waals surface area contributed by atoms with E-state index in [1.165, 1.54) is 19.3 Å². The van der Waals surface area contributed by atoms with E-state index in [0.29, 0.717) is 12.1 Å². The largest absolute Gasteiger partial charge is 0.467 e. The molecule has 0 aliphatic heterocycles. The SMILES string of the molecule is Brc1ccoc1CNC1CCCC1n1ccnc1. The van der Waals surface area contributed by atoms with Gasteiger partial charge in [-0.3, -0.25) is 0 Å². The Bertz CT molecular complexity index is 494. The molecule has 2 atom stereocenters. The van der Waals surface area contributed by atoms with Crippen molar-refractivity contribution in [1.82, 2.24) is 14.9 Å². The molecule has 0 saturated heterocycles. The van der Waals surface area contributed by atoms with Crippen molar-refractivity contribution in [3.63, 3.8) is 0 Å². The van der Waals surface area contributed by atoms with Crippen molar-refractivity contribution in [1.29, 1.82) is 0 Å². The summed E-state index contributed by atoms with van der Waals surface area (Å²) in [4.78, 5) is 4.13. The number of halogens is 1. The first-order valence-electron chi connectivity index (χ1n) is 6.27. The van der Waals surface area contributed by atoms with E-state index in [9.17, 15) is 0 Å². The van der Waals surface area contributed by atoms with E-state index in [1.54, 1.807) is 6.26 Å². The molecular weight excluding hydrogens is 294 g/mol. The lowest BCUT2D eigenvalue weighted by Gasteiger charge is -2.21. The summed E-state index contributed by atoms with van der Waals surface area (Å²) >= 11 is 3.48. The fourth-order valence-electron chi connectivity index (χ4n) is 2.68. The van der Waals surface area contributed by atoms with Gasteiger partial charge in [0.15, 0.2) is 0 Å². The fraction of sp³-hybridized carbons (Fsp3) is 0.462. The van der Waals surface area contributed by atoms with Crippen LogP contribution in [0.5, 0.6) is 0 Å². The average Bonchev–Trinajstić information content (AvgIpc) is 3.07. The van der Waals surface area contributed by atoms with Crippen molar-refractivity contribution in [2.24, 2.45) is 0 Å². The summed E-state index contributed by atoms with van der Waals surface area (Å²) in [5, 5.41) is 3.59. The van der Waals surface area contributed by atoms with Crippen LogP contribution in [0, 0.1) is 0 Å². The monoisotopic (exact) mass is 309 g/mol. The van der Waals surface area contributed by atoms with Crippen molar-refractivity contribution in [2.75, 3.05) is 0 Å². The van der Waals surface area contributed by atoms with Gasteiger partial charge in [0.25, 0.3) is 0 Å². The molecule has 1 fully saturated rings. The summed E-state index contributed by atoms with van der Waals surface area (Å²) in [5.41, 5.74) is 0. The predicted molar refractivity (Wildman–Crippen MR) is 72.2 cm³/mol. The topological polar surface area (TPSA) is 43.0 Å². The molecule has 1 N–H and O–H groups in total. The van der Waals surface area contributed by atoms with Crippen LogP contribution >= 0.6 is 15.9 Å². The highest BCUT2D eigenvalue weighted by Crippen LogP contribution is 2.30. The first-order valence-corrected chi connectivity index (χ1v) is 7.06. The van der Waals surface area contributed by atoms with E-state index < -0.39 is 0 Å². The van der Waals surface area contributed by atoms with Crippen LogP contribution in [0.25, 0.3) is 0 Å². The summed E-state index contributed by atoms with van der Waals surface area (Å²) in [5.74, 6) is 0.964.